The van der Waals surface area contributed by atoms with E-state index < -0.39 is 11.7 Å². The molecule has 0 spiro atoms. The summed E-state index contributed by atoms with van der Waals surface area (Å²) in [5.74, 6) is 0.0693. The molecule has 1 amide bonds. The third kappa shape index (κ3) is 3.03. The van der Waals surface area contributed by atoms with E-state index in [1.807, 2.05) is 0 Å². The average Bonchev–Trinajstić information content (AvgIpc) is 3.33. The lowest BCUT2D eigenvalue weighted by atomic mass is 10.1. The summed E-state index contributed by atoms with van der Waals surface area (Å²) in [6.45, 7) is 0. The fourth-order valence-corrected chi connectivity index (χ4v) is 3.21. The summed E-state index contributed by atoms with van der Waals surface area (Å²) >= 11 is 17.8. The number of nitrogens with one attached hydrogen (secondary N) is 1. The Bertz CT molecular complexity index is 986. The molecule has 1 aromatic heterocycles. The highest BCUT2D eigenvalue weighted by atomic mass is 35.5. The van der Waals surface area contributed by atoms with Crippen LogP contribution in [-0.2, 0) is 0 Å². The van der Waals surface area contributed by atoms with Crippen molar-refractivity contribution in [3.8, 4) is 5.75 Å². The minimum atomic E-state index is -0.628. The summed E-state index contributed by atoms with van der Waals surface area (Å²) in [7, 11) is 0. The molecule has 1 saturated carbocycles. The summed E-state index contributed by atoms with van der Waals surface area (Å²) in [5.41, 5.74) is 1.61. The van der Waals surface area contributed by atoms with E-state index >= 15 is 0 Å². The number of phenolic OH excluding ortho intramolecular Hbond substituents is 1. The molecule has 0 radical (unpaired) electrons. The van der Waals surface area contributed by atoms with Crippen LogP contribution in [0.5, 0.6) is 5.75 Å². The van der Waals surface area contributed by atoms with Gasteiger partial charge in [-0.25, -0.2) is 4.98 Å². The Hall–Kier alpha value is -1.95. The zero-order chi connectivity index (χ0) is 17.7. The first-order chi connectivity index (χ1) is 11.9. The molecule has 1 heterocycles. The highest BCUT2D eigenvalue weighted by Gasteiger charge is 2.29. The molecule has 1 fully saturated rings. The molecule has 2 aromatic carbocycles. The number of fused-ring (bicyclic) bond motifs is 1. The second-order valence-corrected chi connectivity index (χ2v) is 7.03. The number of nitrogens with zero attached hydrogens (tertiary/aromatic N) is 1. The molecule has 3 aromatic rings. The van der Waals surface area contributed by atoms with Crippen LogP contribution >= 0.6 is 34.8 Å². The Morgan fingerprint density at radius 2 is 1.96 bits per heavy atom. The standard InChI is InChI=1S/C17H11Cl3N2O3/c18-9-6-10(19)15(23)13(14(9)20)16(24)21-8-3-4-12-11(5-8)22-17(25-12)7-1-2-7/h3-7,23H,1-2H2,(H,21,24). The van der Waals surface area contributed by atoms with E-state index in [9.17, 15) is 9.90 Å². The summed E-state index contributed by atoms with van der Waals surface area (Å²) in [4.78, 5) is 16.9. The van der Waals surface area contributed by atoms with Crippen molar-refractivity contribution in [2.24, 2.45) is 0 Å². The quantitative estimate of drug-likeness (QED) is 0.562. The van der Waals surface area contributed by atoms with Crippen LogP contribution in [0.2, 0.25) is 15.1 Å². The second kappa shape index (κ2) is 6.09. The van der Waals surface area contributed by atoms with Crippen molar-refractivity contribution >= 4 is 57.5 Å². The average molecular weight is 398 g/mol. The number of aromatic hydroxyl groups is 1. The van der Waals surface area contributed by atoms with Gasteiger partial charge in [-0.3, -0.25) is 4.79 Å². The minimum absolute atomic E-state index is 0.0550. The van der Waals surface area contributed by atoms with Crippen LogP contribution in [0.25, 0.3) is 11.1 Å². The van der Waals surface area contributed by atoms with Crippen molar-refractivity contribution in [2.75, 3.05) is 5.32 Å². The van der Waals surface area contributed by atoms with Crippen LogP contribution in [-0.4, -0.2) is 16.0 Å². The van der Waals surface area contributed by atoms with E-state index in [1.165, 1.54) is 6.07 Å². The van der Waals surface area contributed by atoms with Crippen molar-refractivity contribution in [3.63, 3.8) is 0 Å². The van der Waals surface area contributed by atoms with E-state index in [2.05, 4.69) is 10.3 Å². The molecule has 0 unspecified atom stereocenters. The molecule has 5 nitrogen and oxygen atoms in total. The number of hydrogen-bond acceptors (Lipinski definition) is 4. The Labute approximate surface area is 157 Å². The van der Waals surface area contributed by atoms with Gasteiger partial charge in [-0.05, 0) is 37.1 Å². The lowest BCUT2D eigenvalue weighted by Gasteiger charge is -2.11. The molecule has 128 valence electrons. The molecule has 2 N–H and O–H groups in total. The Balaban J connectivity index is 1.66. The van der Waals surface area contributed by atoms with Gasteiger partial charge in [0.05, 0.1) is 15.1 Å². The smallest absolute Gasteiger partial charge is 0.261 e. The zero-order valence-electron chi connectivity index (χ0n) is 12.6. The molecular formula is C17H11Cl3N2O3. The van der Waals surface area contributed by atoms with Crippen LogP contribution in [0.4, 0.5) is 5.69 Å². The van der Waals surface area contributed by atoms with Gasteiger partial charge in [0.1, 0.15) is 16.8 Å². The first-order valence-electron chi connectivity index (χ1n) is 7.52. The van der Waals surface area contributed by atoms with Crippen LogP contribution in [0.15, 0.2) is 28.7 Å². The summed E-state index contributed by atoms with van der Waals surface area (Å²) in [6, 6.07) is 6.38. The highest BCUT2D eigenvalue weighted by Crippen LogP contribution is 2.41. The van der Waals surface area contributed by atoms with Crippen LogP contribution in [0.3, 0.4) is 0 Å². The van der Waals surface area contributed by atoms with Crippen molar-refractivity contribution in [3.05, 3.63) is 50.8 Å². The molecule has 0 saturated heterocycles. The number of carbonyl (C=O) groups is 1. The summed E-state index contributed by atoms with van der Waals surface area (Å²) in [6.07, 6.45) is 2.17. The number of rotatable bonds is 3. The highest BCUT2D eigenvalue weighted by molar-refractivity contribution is 6.46. The lowest BCUT2D eigenvalue weighted by molar-refractivity contribution is 0.102. The maximum absolute atomic E-state index is 12.5. The van der Waals surface area contributed by atoms with Gasteiger partial charge < -0.3 is 14.8 Å². The van der Waals surface area contributed by atoms with Crippen LogP contribution in [0, 0.1) is 0 Å². The molecule has 0 aliphatic heterocycles. The fourth-order valence-electron chi connectivity index (χ4n) is 2.51. The predicted octanol–water partition coefficient (Wildman–Crippen LogP) is 5.62. The number of hydrogen-bond donors (Lipinski definition) is 2. The molecule has 8 heteroatoms. The van der Waals surface area contributed by atoms with Gasteiger partial charge in [0.2, 0.25) is 0 Å². The zero-order valence-corrected chi connectivity index (χ0v) is 14.9. The molecule has 1 aliphatic carbocycles. The van der Waals surface area contributed by atoms with E-state index in [0.717, 1.165) is 18.7 Å². The van der Waals surface area contributed by atoms with E-state index in [0.29, 0.717) is 22.7 Å². The van der Waals surface area contributed by atoms with Crippen LogP contribution < -0.4 is 5.32 Å². The second-order valence-electron chi connectivity index (χ2n) is 5.84. The first-order valence-corrected chi connectivity index (χ1v) is 8.65. The van der Waals surface area contributed by atoms with E-state index in [4.69, 9.17) is 39.2 Å². The predicted molar refractivity (Wildman–Crippen MR) is 97.1 cm³/mol. The Morgan fingerprint density at radius 3 is 2.68 bits per heavy atom. The molecule has 0 bridgehead atoms. The maximum atomic E-state index is 12.5. The van der Waals surface area contributed by atoms with Gasteiger partial charge in [0.25, 0.3) is 5.91 Å². The Morgan fingerprint density at radius 1 is 1.20 bits per heavy atom. The van der Waals surface area contributed by atoms with Gasteiger partial charge in [-0.15, -0.1) is 0 Å². The molecule has 25 heavy (non-hydrogen) atoms. The number of phenols is 1. The monoisotopic (exact) mass is 396 g/mol. The maximum Gasteiger partial charge on any atom is 0.261 e. The molecule has 4 rings (SSSR count). The molecule has 1 aliphatic rings. The number of carbonyl (C=O) groups excluding carboxylic acids is 1. The fraction of sp³-hybridized carbons (Fsp3) is 0.176. The van der Waals surface area contributed by atoms with E-state index in [-0.39, 0.29) is 20.6 Å². The normalized spacial score (nSPS) is 14.0. The first kappa shape index (κ1) is 16.5. The van der Waals surface area contributed by atoms with Gasteiger partial charge in [-0.2, -0.15) is 0 Å². The van der Waals surface area contributed by atoms with Crippen molar-refractivity contribution in [2.45, 2.75) is 18.8 Å². The number of benzene rings is 2. The number of aromatic nitrogens is 1. The SMILES string of the molecule is O=C(Nc1ccc2oc(C3CC3)nc2c1)c1c(O)c(Cl)cc(Cl)c1Cl. The van der Waals surface area contributed by atoms with Gasteiger partial charge >= 0.3 is 0 Å². The third-order valence-corrected chi connectivity index (χ3v) is 5.04. The number of halogens is 3. The van der Waals surface area contributed by atoms with Crippen molar-refractivity contribution in [1.82, 2.24) is 4.98 Å². The number of oxazole rings is 1. The van der Waals surface area contributed by atoms with Gasteiger partial charge in [0, 0.05) is 11.6 Å². The van der Waals surface area contributed by atoms with Gasteiger partial charge in [0.15, 0.2) is 11.5 Å². The van der Waals surface area contributed by atoms with Crippen molar-refractivity contribution < 1.29 is 14.3 Å². The van der Waals surface area contributed by atoms with Gasteiger partial charge in [-0.1, -0.05) is 34.8 Å². The molecular weight excluding hydrogens is 387 g/mol. The number of amides is 1. The molecule has 0 atom stereocenters. The topological polar surface area (TPSA) is 75.4 Å². The lowest BCUT2D eigenvalue weighted by Crippen LogP contribution is -2.13. The van der Waals surface area contributed by atoms with Crippen LogP contribution in [0.1, 0.15) is 35.0 Å². The van der Waals surface area contributed by atoms with Crippen molar-refractivity contribution in [1.29, 1.82) is 0 Å². The summed E-state index contributed by atoms with van der Waals surface area (Å²) in [5, 5.41) is 12.6. The Kier molecular flexibility index (Phi) is 4.02. The number of anilines is 1. The summed E-state index contributed by atoms with van der Waals surface area (Å²) < 4.78 is 5.69. The largest absolute Gasteiger partial charge is 0.505 e. The third-order valence-electron chi connectivity index (χ3n) is 3.96. The van der Waals surface area contributed by atoms with E-state index in [1.54, 1.807) is 18.2 Å². The minimum Gasteiger partial charge on any atom is -0.505 e.